The summed E-state index contributed by atoms with van der Waals surface area (Å²) in [5, 5.41) is 0. The summed E-state index contributed by atoms with van der Waals surface area (Å²) in [7, 11) is 0. The minimum absolute atomic E-state index is 0.0421. The van der Waals surface area contributed by atoms with Crippen molar-refractivity contribution in [3.63, 3.8) is 0 Å². The normalized spacial score (nSPS) is 11.6. The number of ketones is 1. The Hall–Kier alpha value is -1.12. The number of hydrogen-bond acceptors (Lipinski definition) is 2. The monoisotopic (exact) mass is 292 g/mol. The number of aryl methyl sites for hydroxylation is 1. The third kappa shape index (κ3) is 3.07. The largest absolute Gasteiger partial charge is 0.288 e. The van der Waals surface area contributed by atoms with E-state index in [1.807, 2.05) is 37.3 Å². The lowest BCUT2D eigenvalue weighted by atomic mass is 9.86. The van der Waals surface area contributed by atoms with Crippen LogP contribution in [0.15, 0.2) is 30.3 Å². The van der Waals surface area contributed by atoms with Crippen LogP contribution in [0.1, 0.15) is 47.1 Å². The van der Waals surface area contributed by atoms with Crippen LogP contribution in [0.25, 0.3) is 0 Å². The van der Waals surface area contributed by atoms with Crippen LogP contribution >= 0.6 is 22.9 Å². The highest BCUT2D eigenvalue weighted by Gasteiger charge is 2.16. The van der Waals surface area contributed by atoms with E-state index in [4.69, 9.17) is 11.6 Å². The molecule has 0 bridgehead atoms. The van der Waals surface area contributed by atoms with E-state index >= 15 is 0 Å². The van der Waals surface area contributed by atoms with Crippen LogP contribution in [0.2, 0.25) is 4.34 Å². The molecule has 1 aromatic carbocycles. The van der Waals surface area contributed by atoms with E-state index in [-0.39, 0.29) is 11.2 Å². The SMILES string of the molecule is Cc1cc(C(=O)c2ccc(C(C)(C)C)cc2)sc1Cl. The minimum atomic E-state index is 0.0421. The maximum Gasteiger partial charge on any atom is 0.203 e. The molecule has 0 saturated heterocycles. The van der Waals surface area contributed by atoms with E-state index in [1.165, 1.54) is 16.9 Å². The van der Waals surface area contributed by atoms with Gasteiger partial charge in [0.25, 0.3) is 0 Å². The van der Waals surface area contributed by atoms with Gasteiger partial charge in [0.15, 0.2) is 0 Å². The zero-order valence-corrected chi connectivity index (χ0v) is 13.2. The predicted molar refractivity (Wildman–Crippen MR) is 82.6 cm³/mol. The Morgan fingerprint density at radius 1 is 1.16 bits per heavy atom. The van der Waals surface area contributed by atoms with Crippen LogP contribution in [-0.4, -0.2) is 5.78 Å². The highest BCUT2D eigenvalue weighted by molar-refractivity contribution is 7.18. The van der Waals surface area contributed by atoms with Crippen molar-refractivity contribution in [2.24, 2.45) is 0 Å². The maximum atomic E-state index is 12.3. The van der Waals surface area contributed by atoms with E-state index in [2.05, 4.69) is 20.8 Å². The van der Waals surface area contributed by atoms with Crippen molar-refractivity contribution in [2.45, 2.75) is 33.1 Å². The summed E-state index contributed by atoms with van der Waals surface area (Å²) in [5.41, 5.74) is 3.00. The number of thiophene rings is 1. The van der Waals surface area contributed by atoms with Gasteiger partial charge in [0.2, 0.25) is 5.78 Å². The Labute approximate surface area is 123 Å². The molecule has 1 nitrogen and oxygen atoms in total. The molecule has 0 unspecified atom stereocenters. The average molecular weight is 293 g/mol. The Kier molecular flexibility index (Phi) is 3.84. The van der Waals surface area contributed by atoms with E-state index in [0.29, 0.717) is 14.8 Å². The summed E-state index contributed by atoms with van der Waals surface area (Å²) in [6.45, 7) is 8.39. The van der Waals surface area contributed by atoms with Gasteiger partial charge in [0.05, 0.1) is 9.21 Å². The molecule has 0 spiro atoms. The van der Waals surface area contributed by atoms with Gasteiger partial charge in [-0.15, -0.1) is 11.3 Å². The minimum Gasteiger partial charge on any atom is -0.288 e. The highest BCUT2D eigenvalue weighted by Crippen LogP contribution is 2.29. The smallest absolute Gasteiger partial charge is 0.203 e. The van der Waals surface area contributed by atoms with E-state index in [0.717, 1.165) is 5.56 Å². The molecular formula is C16H17ClOS. The lowest BCUT2D eigenvalue weighted by molar-refractivity contribution is 0.104. The van der Waals surface area contributed by atoms with Crippen molar-refractivity contribution >= 4 is 28.7 Å². The summed E-state index contributed by atoms with van der Waals surface area (Å²) in [4.78, 5) is 13.0. The lowest BCUT2D eigenvalue weighted by Crippen LogP contribution is -2.11. The second kappa shape index (κ2) is 5.10. The van der Waals surface area contributed by atoms with Gasteiger partial charge in [-0.05, 0) is 29.5 Å². The maximum absolute atomic E-state index is 12.3. The fraction of sp³-hybridized carbons (Fsp3) is 0.312. The van der Waals surface area contributed by atoms with Crippen LogP contribution in [0, 0.1) is 6.92 Å². The van der Waals surface area contributed by atoms with Gasteiger partial charge < -0.3 is 0 Å². The Morgan fingerprint density at radius 2 is 1.74 bits per heavy atom. The van der Waals surface area contributed by atoms with Gasteiger partial charge in [0, 0.05) is 5.56 Å². The molecule has 0 aliphatic heterocycles. The van der Waals surface area contributed by atoms with Gasteiger partial charge >= 0.3 is 0 Å². The molecule has 2 rings (SSSR count). The molecule has 0 radical (unpaired) electrons. The number of halogens is 1. The first-order valence-corrected chi connectivity index (χ1v) is 7.39. The number of carbonyl (C=O) groups is 1. The third-order valence-electron chi connectivity index (χ3n) is 3.09. The highest BCUT2D eigenvalue weighted by atomic mass is 35.5. The van der Waals surface area contributed by atoms with Crippen LogP contribution in [-0.2, 0) is 5.41 Å². The summed E-state index contributed by atoms with van der Waals surface area (Å²) in [6, 6.07) is 9.69. The van der Waals surface area contributed by atoms with E-state index < -0.39 is 0 Å². The average Bonchev–Trinajstić information content (AvgIpc) is 2.68. The van der Waals surface area contributed by atoms with Gasteiger partial charge in [-0.2, -0.15) is 0 Å². The third-order valence-corrected chi connectivity index (χ3v) is 4.65. The first-order valence-electron chi connectivity index (χ1n) is 6.20. The standard InChI is InChI=1S/C16H17ClOS/c1-10-9-13(19-15(10)17)14(18)11-5-7-12(8-6-11)16(2,3)4/h5-9H,1-4H3. The molecule has 100 valence electrons. The molecule has 3 heteroatoms. The molecule has 0 atom stereocenters. The summed E-state index contributed by atoms with van der Waals surface area (Å²) in [5.74, 6) is 0.0421. The molecular weight excluding hydrogens is 276 g/mol. The molecule has 0 N–H and O–H groups in total. The van der Waals surface area contributed by atoms with Gasteiger partial charge in [-0.25, -0.2) is 0 Å². The van der Waals surface area contributed by atoms with Crippen molar-refractivity contribution in [3.05, 3.63) is 56.2 Å². The second-order valence-electron chi connectivity index (χ2n) is 5.72. The van der Waals surface area contributed by atoms with Crippen molar-refractivity contribution in [1.29, 1.82) is 0 Å². The Balaban J connectivity index is 2.30. The van der Waals surface area contributed by atoms with Gasteiger partial charge in [0.1, 0.15) is 0 Å². The summed E-state index contributed by atoms with van der Waals surface area (Å²) < 4.78 is 0.690. The van der Waals surface area contributed by atoms with Crippen molar-refractivity contribution < 1.29 is 4.79 Å². The van der Waals surface area contributed by atoms with Crippen LogP contribution < -0.4 is 0 Å². The van der Waals surface area contributed by atoms with Gasteiger partial charge in [-0.1, -0.05) is 56.6 Å². The molecule has 2 aromatic rings. The molecule has 0 fully saturated rings. The van der Waals surface area contributed by atoms with Gasteiger partial charge in [-0.3, -0.25) is 4.79 Å². The first-order chi connectivity index (χ1) is 8.79. The van der Waals surface area contributed by atoms with E-state index in [9.17, 15) is 4.79 Å². The molecule has 0 aliphatic carbocycles. The van der Waals surface area contributed by atoms with Crippen molar-refractivity contribution in [2.75, 3.05) is 0 Å². The van der Waals surface area contributed by atoms with Crippen molar-refractivity contribution in [1.82, 2.24) is 0 Å². The molecule has 0 aliphatic rings. The zero-order valence-electron chi connectivity index (χ0n) is 11.6. The number of rotatable bonds is 2. The number of benzene rings is 1. The fourth-order valence-corrected chi connectivity index (χ4v) is 3.00. The lowest BCUT2D eigenvalue weighted by Gasteiger charge is -2.18. The molecule has 0 saturated carbocycles. The molecule has 0 amide bonds. The second-order valence-corrected chi connectivity index (χ2v) is 7.38. The quantitative estimate of drug-likeness (QED) is 0.692. The van der Waals surface area contributed by atoms with Crippen LogP contribution in [0.5, 0.6) is 0 Å². The first kappa shape index (κ1) is 14.3. The topological polar surface area (TPSA) is 17.1 Å². The van der Waals surface area contributed by atoms with E-state index in [1.54, 1.807) is 0 Å². The fourth-order valence-electron chi connectivity index (χ4n) is 1.84. The molecule has 19 heavy (non-hydrogen) atoms. The molecule has 1 aromatic heterocycles. The summed E-state index contributed by atoms with van der Waals surface area (Å²) >= 11 is 7.36. The Bertz CT molecular complexity index is 583. The number of hydrogen-bond donors (Lipinski definition) is 0. The number of carbonyl (C=O) groups excluding carboxylic acids is 1. The summed E-state index contributed by atoms with van der Waals surface area (Å²) in [6.07, 6.45) is 0. The Morgan fingerprint density at radius 3 is 2.16 bits per heavy atom. The molecule has 1 heterocycles. The van der Waals surface area contributed by atoms with Crippen molar-refractivity contribution in [3.8, 4) is 0 Å². The predicted octanol–water partition coefficient (Wildman–Crippen LogP) is 5.24. The van der Waals surface area contributed by atoms with Crippen LogP contribution in [0.3, 0.4) is 0 Å². The zero-order chi connectivity index (χ0) is 14.2. The van der Waals surface area contributed by atoms with Crippen LogP contribution in [0.4, 0.5) is 0 Å².